The molecule has 7 heteroatoms. The summed E-state index contributed by atoms with van der Waals surface area (Å²) in [4.78, 5) is 16.2. The largest absolute Gasteiger partial charge is 0.487 e. The maximum atomic E-state index is 13.5. The Labute approximate surface area is 178 Å². The fourth-order valence-electron chi connectivity index (χ4n) is 3.75. The van der Waals surface area contributed by atoms with Gasteiger partial charge < -0.3 is 10.1 Å². The number of nitrogens with one attached hydrogen (secondary N) is 1. The molecule has 31 heavy (non-hydrogen) atoms. The molecule has 0 radical (unpaired) electrons. The number of ether oxygens (including phenoxy) is 1. The molecule has 3 aromatic rings. The van der Waals surface area contributed by atoms with Gasteiger partial charge in [0.25, 0.3) is 0 Å². The van der Waals surface area contributed by atoms with Crippen LogP contribution in [0.1, 0.15) is 23.1 Å². The first kappa shape index (κ1) is 20.9. The summed E-state index contributed by atoms with van der Waals surface area (Å²) in [6.07, 6.45) is 0.0697. The molecule has 1 N–H and O–H groups in total. The van der Waals surface area contributed by atoms with Crippen molar-refractivity contribution >= 4 is 5.91 Å². The highest BCUT2D eigenvalue weighted by Crippen LogP contribution is 2.43. The molecule has 1 aliphatic rings. The van der Waals surface area contributed by atoms with Gasteiger partial charge in [0.05, 0.1) is 12.1 Å². The van der Waals surface area contributed by atoms with E-state index in [0.717, 1.165) is 17.2 Å². The zero-order valence-electron chi connectivity index (χ0n) is 16.7. The molecule has 0 spiro atoms. The van der Waals surface area contributed by atoms with E-state index in [1.54, 1.807) is 30.6 Å². The molecule has 4 nitrogen and oxygen atoms in total. The molecule has 0 saturated carbocycles. The van der Waals surface area contributed by atoms with Gasteiger partial charge in [-0.05, 0) is 35.2 Å². The van der Waals surface area contributed by atoms with Gasteiger partial charge in [-0.15, -0.1) is 0 Å². The van der Waals surface area contributed by atoms with Crippen molar-refractivity contribution in [3.63, 3.8) is 0 Å². The molecule has 1 aromatic heterocycles. The number of carbonyl (C=O) groups is 1. The number of hydrogen-bond donors (Lipinski definition) is 1. The predicted octanol–water partition coefficient (Wildman–Crippen LogP) is 4.82. The van der Waals surface area contributed by atoms with Crippen LogP contribution in [0, 0.1) is 0 Å². The standard InChI is InChI=1S/C24H21F3N2O2/c25-24(26,27)21-9-2-1-7-19(21)20-8-3-6-17-13-18(31-23(17)20)15-29-22(30)11-10-16-5-4-12-28-14-16/h1-9,12,14,18H,10-11,13,15H2,(H,29,30). The number of pyridine rings is 1. The van der Waals surface area contributed by atoms with E-state index >= 15 is 0 Å². The Bertz CT molecular complexity index is 1070. The van der Waals surface area contributed by atoms with Crippen LogP contribution in [0.25, 0.3) is 11.1 Å². The molecule has 4 rings (SSSR count). The summed E-state index contributed by atoms with van der Waals surface area (Å²) in [6.45, 7) is 0.293. The number of benzene rings is 2. The lowest BCUT2D eigenvalue weighted by Crippen LogP contribution is -2.34. The minimum absolute atomic E-state index is 0.0907. The second-order valence-corrected chi connectivity index (χ2v) is 7.45. The van der Waals surface area contributed by atoms with Crippen molar-refractivity contribution < 1.29 is 22.7 Å². The van der Waals surface area contributed by atoms with E-state index in [1.807, 2.05) is 18.2 Å². The number of nitrogens with zero attached hydrogens (tertiary/aromatic N) is 1. The van der Waals surface area contributed by atoms with Gasteiger partial charge in [-0.25, -0.2) is 0 Å². The molecule has 0 saturated heterocycles. The number of aryl methyl sites for hydroxylation is 1. The number of rotatable bonds is 6. The predicted molar refractivity (Wildman–Crippen MR) is 111 cm³/mol. The zero-order chi connectivity index (χ0) is 21.8. The highest BCUT2D eigenvalue weighted by Gasteiger charge is 2.35. The van der Waals surface area contributed by atoms with Gasteiger partial charge in [-0.2, -0.15) is 13.2 Å². The molecule has 160 valence electrons. The SMILES string of the molecule is O=C(CCc1cccnc1)NCC1Cc2cccc(-c3ccccc3C(F)(F)F)c2O1. The van der Waals surface area contributed by atoms with Crippen molar-refractivity contribution in [3.05, 3.63) is 83.7 Å². The number of halogens is 3. The topological polar surface area (TPSA) is 51.2 Å². The number of hydrogen-bond acceptors (Lipinski definition) is 3. The third-order valence-electron chi connectivity index (χ3n) is 5.24. The fraction of sp³-hybridized carbons (Fsp3) is 0.250. The minimum Gasteiger partial charge on any atom is -0.487 e. The van der Waals surface area contributed by atoms with Crippen molar-refractivity contribution in [1.82, 2.24) is 10.3 Å². The van der Waals surface area contributed by atoms with Crippen molar-refractivity contribution in [2.24, 2.45) is 0 Å². The van der Waals surface area contributed by atoms with E-state index in [2.05, 4.69) is 10.3 Å². The number of para-hydroxylation sites is 1. The summed E-state index contributed by atoms with van der Waals surface area (Å²) in [7, 11) is 0. The number of carbonyl (C=O) groups excluding carboxylic acids is 1. The molecule has 1 atom stereocenters. The summed E-state index contributed by atoms with van der Waals surface area (Å²) in [5.74, 6) is 0.347. The highest BCUT2D eigenvalue weighted by atomic mass is 19.4. The Morgan fingerprint density at radius 2 is 1.87 bits per heavy atom. The van der Waals surface area contributed by atoms with Crippen LogP contribution in [-0.4, -0.2) is 23.5 Å². The Morgan fingerprint density at radius 3 is 2.65 bits per heavy atom. The Kier molecular flexibility index (Phi) is 5.93. The Balaban J connectivity index is 1.42. The molecule has 2 aromatic carbocycles. The second kappa shape index (κ2) is 8.79. The first-order chi connectivity index (χ1) is 14.9. The average molecular weight is 426 g/mol. The molecule has 0 fully saturated rings. The number of fused-ring (bicyclic) bond motifs is 1. The van der Waals surface area contributed by atoms with Gasteiger partial charge in [0.2, 0.25) is 5.91 Å². The monoisotopic (exact) mass is 426 g/mol. The van der Waals surface area contributed by atoms with Crippen molar-refractivity contribution in [1.29, 1.82) is 0 Å². The van der Waals surface area contributed by atoms with Crippen LogP contribution in [0.3, 0.4) is 0 Å². The number of alkyl halides is 3. The van der Waals surface area contributed by atoms with Crippen LogP contribution < -0.4 is 10.1 Å². The average Bonchev–Trinajstić information content (AvgIpc) is 3.19. The van der Waals surface area contributed by atoms with E-state index in [4.69, 9.17) is 4.74 Å². The maximum Gasteiger partial charge on any atom is 0.417 e. The maximum absolute atomic E-state index is 13.5. The van der Waals surface area contributed by atoms with E-state index in [-0.39, 0.29) is 17.6 Å². The third kappa shape index (κ3) is 4.87. The van der Waals surface area contributed by atoms with Crippen molar-refractivity contribution in [2.45, 2.75) is 31.5 Å². The lowest BCUT2D eigenvalue weighted by molar-refractivity contribution is -0.137. The summed E-state index contributed by atoms with van der Waals surface area (Å²) in [5, 5.41) is 2.86. The highest BCUT2D eigenvalue weighted by molar-refractivity contribution is 5.77. The van der Waals surface area contributed by atoms with Crippen LogP contribution in [0.4, 0.5) is 13.2 Å². The summed E-state index contributed by atoms with van der Waals surface area (Å²) >= 11 is 0. The van der Waals surface area contributed by atoms with E-state index in [1.165, 1.54) is 12.1 Å². The minimum atomic E-state index is -4.46. The lowest BCUT2D eigenvalue weighted by atomic mass is 9.96. The van der Waals surface area contributed by atoms with Gasteiger partial charge >= 0.3 is 6.18 Å². The van der Waals surface area contributed by atoms with Gasteiger partial charge in [-0.3, -0.25) is 9.78 Å². The fourth-order valence-corrected chi connectivity index (χ4v) is 3.75. The molecule has 0 aliphatic carbocycles. The second-order valence-electron chi connectivity index (χ2n) is 7.45. The summed E-state index contributed by atoms with van der Waals surface area (Å²) in [5.41, 5.74) is 1.63. The Hall–Kier alpha value is -3.35. The number of aromatic nitrogens is 1. The van der Waals surface area contributed by atoms with Crippen LogP contribution in [0.2, 0.25) is 0 Å². The number of amides is 1. The van der Waals surface area contributed by atoms with Crippen LogP contribution >= 0.6 is 0 Å². The molecule has 0 bridgehead atoms. The molecular formula is C24H21F3N2O2. The van der Waals surface area contributed by atoms with E-state index < -0.39 is 11.7 Å². The Morgan fingerprint density at radius 1 is 1.06 bits per heavy atom. The van der Waals surface area contributed by atoms with Crippen molar-refractivity contribution in [3.8, 4) is 16.9 Å². The molecule has 1 unspecified atom stereocenters. The molecule has 2 heterocycles. The van der Waals surface area contributed by atoms with E-state index in [9.17, 15) is 18.0 Å². The normalized spacial score (nSPS) is 15.3. The third-order valence-corrected chi connectivity index (χ3v) is 5.24. The van der Waals surface area contributed by atoms with Crippen molar-refractivity contribution in [2.75, 3.05) is 6.54 Å². The zero-order valence-corrected chi connectivity index (χ0v) is 16.7. The smallest absolute Gasteiger partial charge is 0.417 e. The first-order valence-corrected chi connectivity index (χ1v) is 10.0. The lowest BCUT2D eigenvalue weighted by Gasteiger charge is -2.16. The van der Waals surface area contributed by atoms with Crippen LogP contribution in [-0.2, 0) is 23.8 Å². The van der Waals surface area contributed by atoms with Gasteiger partial charge in [0.1, 0.15) is 11.9 Å². The van der Waals surface area contributed by atoms with Gasteiger partial charge in [0, 0.05) is 30.8 Å². The first-order valence-electron chi connectivity index (χ1n) is 10.0. The van der Waals surface area contributed by atoms with Crippen LogP contribution in [0.15, 0.2) is 67.0 Å². The summed E-state index contributed by atoms with van der Waals surface area (Å²) in [6, 6.07) is 14.4. The van der Waals surface area contributed by atoms with E-state index in [0.29, 0.717) is 37.1 Å². The molecule has 1 amide bonds. The molecular weight excluding hydrogens is 405 g/mol. The van der Waals surface area contributed by atoms with Gasteiger partial charge in [0.15, 0.2) is 0 Å². The molecule has 1 aliphatic heterocycles. The summed E-state index contributed by atoms with van der Waals surface area (Å²) < 4.78 is 46.4. The van der Waals surface area contributed by atoms with Crippen LogP contribution in [0.5, 0.6) is 5.75 Å². The van der Waals surface area contributed by atoms with Gasteiger partial charge in [-0.1, -0.05) is 42.5 Å². The quantitative estimate of drug-likeness (QED) is 0.615.